The van der Waals surface area contributed by atoms with Crippen molar-refractivity contribution in [1.29, 1.82) is 0 Å². The minimum Gasteiger partial charge on any atom is -0.493 e. The van der Waals surface area contributed by atoms with Crippen LogP contribution in [0.2, 0.25) is 0 Å². The first-order valence-electron chi connectivity index (χ1n) is 9.50. The molecule has 7 heteroatoms. The fourth-order valence-corrected chi connectivity index (χ4v) is 4.01. The number of aliphatic hydroxyl groups is 1. The van der Waals surface area contributed by atoms with Crippen molar-refractivity contribution in [2.24, 2.45) is 5.92 Å². The summed E-state index contributed by atoms with van der Waals surface area (Å²) in [7, 11) is 0. The quantitative estimate of drug-likeness (QED) is 0.834. The van der Waals surface area contributed by atoms with Crippen LogP contribution in [0.15, 0.2) is 36.7 Å². The van der Waals surface area contributed by atoms with E-state index in [2.05, 4.69) is 19.8 Å². The number of fused-ring (bicyclic) bond motifs is 1. The van der Waals surface area contributed by atoms with Gasteiger partial charge in [0.2, 0.25) is 5.95 Å². The van der Waals surface area contributed by atoms with E-state index in [1.54, 1.807) is 0 Å². The van der Waals surface area contributed by atoms with Crippen molar-refractivity contribution in [3.8, 4) is 5.75 Å². The highest BCUT2D eigenvalue weighted by Gasteiger charge is 2.37. The number of rotatable bonds is 6. The maximum atomic E-state index is 13.0. The Hall–Kier alpha value is -2.25. The Kier molecular flexibility index (Phi) is 5.50. The third-order valence-electron chi connectivity index (χ3n) is 5.40. The maximum absolute atomic E-state index is 13.0. The lowest BCUT2D eigenvalue weighted by molar-refractivity contribution is 0.216. The standard InChI is InChI=1S/C20H25FN4O2/c21-17-10-22-20(23-11-17)25-7-6-24-12-16(9-18(24)13-25)14-27-19-3-1-15(2-4-19)5-8-26/h1-4,10-11,16,18,26H,5-9,12-14H2. The molecule has 27 heavy (non-hydrogen) atoms. The summed E-state index contributed by atoms with van der Waals surface area (Å²) in [5.74, 6) is 1.59. The summed E-state index contributed by atoms with van der Waals surface area (Å²) in [4.78, 5) is 12.9. The van der Waals surface area contributed by atoms with Gasteiger partial charge in [0.1, 0.15) is 5.75 Å². The number of halogens is 1. The van der Waals surface area contributed by atoms with Crippen LogP contribution in [0.4, 0.5) is 10.3 Å². The summed E-state index contributed by atoms with van der Waals surface area (Å²) in [6.45, 7) is 4.63. The second kappa shape index (κ2) is 8.19. The molecule has 0 saturated carbocycles. The van der Waals surface area contributed by atoms with Crippen molar-refractivity contribution >= 4 is 5.95 Å². The summed E-state index contributed by atoms with van der Waals surface area (Å²) >= 11 is 0. The summed E-state index contributed by atoms with van der Waals surface area (Å²) in [5, 5.41) is 8.98. The Morgan fingerprint density at radius 3 is 2.63 bits per heavy atom. The van der Waals surface area contributed by atoms with Crippen LogP contribution < -0.4 is 9.64 Å². The van der Waals surface area contributed by atoms with Crippen LogP contribution in [0.25, 0.3) is 0 Å². The van der Waals surface area contributed by atoms with Crippen LogP contribution in [0.3, 0.4) is 0 Å². The lowest BCUT2D eigenvalue weighted by Gasteiger charge is -2.37. The summed E-state index contributed by atoms with van der Waals surface area (Å²) < 4.78 is 19.0. The molecule has 2 unspecified atom stereocenters. The van der Waals surface area contributed by atoms with Gasteiger partial charge in [-0.2, -0.15) is 0 Å². The SMILES string of the molecule is OCCc1ccc(OCC2CC3CN(c4ncc(F)cn4)CCN3C2)cc1. The van der Waals surface area contributed by atoms with Crippen LogP contribution in [0.1, 0.15) is 12.0 Å². The number of anilines is 1. The molecular weight excluding hydrogens is 347 g/mol. The van der Waals surface area contributed by atoms with E-state index >= 15 is 0 Å². The van der Waals surface area contributed by atoms with Crippen LogP contribution in [0, 0.1) is 11.7 Å². The Balaban J connectivity index is 1.28. The second-order valence-corrected chi connectivity index (χ2v) is 7.33. The Bertz CT molecular complexity index is 741. The van der Waals surface area contributed by atoms with Gasteiger partial charge in [-0.05, 0) is 30.5 Å². The van der Waals surface area contributed by atoms with Crippen molar-refractivity contribution < 1.29 is 14.2 Å². The van der Waals surface area contributed by atoms with Crippen molar-refractivity contribution in [3.63, 3.8) is 0 Å². The molecule has 2 aliphatic heterocycles. The van der Waals surface area contributed by atoms with E-state index in [-0.39, 0.29) is 6.61 Å². The molecule has 0 bridgehead atoms. The van der Waals surface area contributed by atoms with Crippen molar-refractivity contribution in [2.45, 2.75) is 18.9 Å². The highest BCUT2D eigenvalue weighted by molar-refractivity contribution is 5.31. The first-order chi connectivity index (χ1) is 13.2. The molecule has 2 aromatic rings. The molecule has 1 aromatic heterocycles. The van der Waals surface area contributed by atoms with E-state index in [0.29, 0.717) is 30.9 Å². The molecule has 2 atom stereocenters. The lowest BCUT2D eigenvalue weighted by atomic mass is 10.1. The zero-order valence-electron chi connectivity index (χ0n) is 15.3. The number of hydrogen-bond acceptors (Lipinski definition) is 6. The highest BCUT2D eigenvalue weighted by Crippen LogP contribution is 2.28. The summed E-state index contributed by atoms with van der Waals surface area (Å²) in [6.07, 6.45) is 4.21. The molecule has 1 N–H and O–H groups in total. The normalized spacial score (nSPS) is 22.7. The fraction of sp³-hybridized carbons (Fsp3) is 0.500. The van der Waals surface area contributed by atoms with Crippen LogP contribution in [0.5, 0.6) is 5.75 Å². The van der Waals surface area contributed by atoms with E-state index in [4.69, 9.17) is 9.84 Å². The average Bonchev–Trinajstić information content (AvgIpc) is 3.10. The van der Waals surface area contributed by atoms with Gasteiger partial charge < -0.3 is 14.7 Å². The number of ether oxygens (including phenoxy) is 1. The molecule has 0 aliphatic carbocycles. The monoisotopic (exact) mass is 372 g/mol. The van der Waals surface area contributed by atoms with Crippen molar-refractivity contribution in [1.82, 2.24) is 14.9 Å². The average molecular weight is 372 g/mol. The third-order valence-corrected chi connectivity index (χ3v) is 5.40. The zero-order valence-corrected chi connectivity index (χ0v) is 15.3. The van der Waals surface area contributed by atoms with Gasteiger partial charge in [0.15, 0.2) is 5.82 Å². The predicted octanol–water partition coefficient (Wildman–Crippen LogP) is 1.74. The highest BCUT2D eigenvalue weighted by atomic mass is 19.1. The van der Waals surface area contributed by atoms with E-state index in [1.807, 2.05) is 24.3 Å². The molecule has 2 saturated heterocycles. The van der Waals surface area contributed by atoms with Gasteiger partial charge in [0.05, 0.1) is 19.0 Å². The smallest absolute Gasteiger partial charge is 0.225 e. The lowest BCUT2D eigenvalue weighted by Crippen LogP contribution is -2.50. The largest absolute Gasteiger partial charge is 0.493 e. The third kappa shape index (κ3) is 4.36. The molecular formula is C20H25FN4O2. The van der Waals surface area contributed by atoms with Crippen LogP contribution in [-0.2, 0) is 6.42 Å². The van der Waals surface area contributed by atoms with Gasteiger partial charge in [-0.25, -0.2) is 14.4 Å². The van der Waals surface area contributed by atoms with Gasteiger partial charge in [0.25, 0.3) is 0 Å². The van der Waals surface area contributed by atoms with Gasteiger partial charge >= 0.3 is 0 Å². The first kappa shape index (κ1) is 18.1. The van der Waals surface area contributed by atoms with Crippen molar-refractivity contribution in [3.05, 3.63) is 48.0 Å². The topological polar surface area (TPSA) is 61.7 Å². The zero-order chi connectivity index (χ0) is 18.6. The minimum atomic E-state index is -0.403. The van der Waals surface area contributed by atoms with Gasteiger partial charge in [-0.3, -0.25) is 4.90 Å². The summed E-state index contributed by atoms with van der Waals surface area (Å²) in [6, 6.07) is 8.42. The molecule has 0 spiro atoms. The number of benzene rings is 1. The van der Waals surface area contributed by atoms with Crippen LogP contribution >= 0.6 is 0 Å². The molecule has 2 aliphatic rings. The molecule has 4 rings (SSSR count). The minimum absolute atomic E-state index is 0.166. The number of piperazine rings is 1. The number of nitrogens with zero attached hydrogens (tertiary/aromatic N) is 4. The van der Waals surface area contributed by atoms with Gasteiger partial charge in [0, 0.05) is 44.7 Å². The number of aromatic nitrogens is 2. The molecule has 6 nitrogen and oxygen atoms in total. The maximum Gasteiger partial charge on any atom is 0.225 e. The first-order valence-corrected chi connectivity index (χ1v) is 9.50. The molecule has 0 amide bonds. The molecule has 1 aromatic carbocycles. The van der Waals surface area contributed by atoms with Crippen LogP contribution in [-0.4, -0.2) is 65.4 Å². The number of hydrogen-bond donors (Lipinski definition) is 1. The predicted molar refractivity (Wildman–Crippen MR) is 100 cm³/mol. The molecule has 3 heterocycles. The van der Waals surface area contributed by atoms with Gasteiger partial charge in [-0.15, -0.1) is 0 Å². The Morgan fingerprint density at radius 1 is 1.11 bits per heavy atom. The molecule has 2 fully saturated rings. The number of aliphatic hydroxyl groups excluding tert-OH is 1. The summed E-state index contributed by atoms with van der Waals surface area (Å²) in [5.41, 5.74) is 1.12. The second-order valence-electron chi connectivity index (χ2n) is 7.33. The molecule has 0 radical (unpaired) electrons. The fourth-order valence-electron chi connectivity index (χ4n) is 4.01. The van der Waals surface area contributed by atoms with E-state index in [1.165, 1.54) is 12.4 Å². The Labute approximate surface area is 158 Å². The molecule has 144 valence electrons. The van der Waals surface area contributed by atoms with E-state index in [0.717, 1.165) is 43.9 Å². The Morgan fingerprint density at radius 2 is 1.89 bits per heavy atom. The van der Waals surface area contributed by atoms with E-state index < -0.39 is 5.82 Å². The van der Waals surface area contributed by atoms with Crippen molar-refractivity contribution in [2.75, 3.05) is 44.3 Å². The van der Waals surface area contributed by atoms with Gasteiger partial charge in [-0.1, -0.05) is 12.1 Å². The van der Waals surface area contributed by atoms with E-state index in [9.17, 15) is 4.39 Å².